The minimum atomic E-state index is -1.48. The highest BCUT2D eigenvalue weighted by Gasteiger charge is 2.18. The topological polar surface area (TPSA) is 9.23 Å². The van der Waals surface area contributed by atoms with Crippen molar-refractivity contribution < 1.29 is 25.6 Å². The molecule has 0 saturated heterocycles. The summed E-state index contributed by atoms with van der Waals surface area (Å²) >= 11 is -0.0624. The van der Waals surface area contributed by atoms with Gasteiger partial charge in [-0.25, -0.2) is 0 Å². The first-order valence-electron chi connectivity index (χ1n) is 6.02. The van der Waals surface area contributed by atoms with Gasteiger partial charge in [0.05, 0.1) is 0 Å². The summed E-state index contributed by atoms with van der Waals surface area (Å²) in [5.41, 5.74) is 0. The molecule has 0 radical (unpaired) electrons. The lowest BCUT2D eigenvalue weighted by molar-refractivity contribution is -0.597. The van der Waals surface area contributed by atoms with Crippen molar-refractivity contribution in [1.29, 1.82) is 0 Å². The van der Waals surface area contributed by atoms with Gasteiger partial charge in [0.25, 0.3) is 0 Å². The van der Waals surface area contributed by atoms with Gasteiger partial charge in [0.2, 0.25) is 8.32 Å². The molecule has 0 aliphatic rings. The van der Waals surface area contributed by atoms with E-state index < -0.39 is 8.32 Å². The van der Waals surface area contributed by atoms with E-state index in [0.29, 0.717) is 0 Å². The van der Waals surface area contributed by atoms with E-state index >= 15 is 0 Å². The zero-order valence-electron chi connectivity index (χ0n) is 11.0. The Hall–Kier alpha value is -0.813. The Morgan fingerprint density at radius 2 is 1.33 bits per heavy atom. The number of benzene rings is 2. The standard InChI is InChI=1S/C15H18IOSi/c1-18(2,3)17-15-11-9-14(10-12-15)16-13-7-5-4-6-8-13/h4-12H,1-3H3/q+1. The van der Waals surface area contributed by atoms with Crippen LogP contribution in [0.5, 0.6) is 5.75 Å². The van der Waals surface area contributed by atoms with E-state index in [2.05, 4.69) is 74.2 Å². The number of hydrogen-bond acceptors (Lipinski definition) is 1. The molecule has 0 atom stereocenters. The lowest BCUT2D eigenvalue weighted by atomic mass is 10.3. The monoisotopic (exact) mass is 369 g/mol. The molecular weight excluding hydrogens is 351 g/mol. The first-order chi connectivity index (χ1) is 8.53. The predicted octanol–water partition coefficient (Wildman–Crippen LogP) is 1.03. The highest BCUT2D eigenvalue weighted by atomic mass is 127. The van der Waals surface area contributed by atoms with Crippen molar-refractivity contribution in [1.82, 2.24) is 0 Å². The summed E-state index contributed by atoms with van der Waals surface area (Å²) < 4.78 is 8.85. The molecule has 0 aliphatic carbocycles. The van der Waals surface area contributed by atoms with Crippen LogP contribution in [-0.4, -0.2) is 8.32 Å². The SMILES string of the molecule is C[Si](C)(C)Oc1ccc([I+]c2ccccc2)cc1. The fraction of sp³-hybridized carbons (Fsp3) is 0.200. The second kappa shape index (κ2) is 5.89. The van der Waals surface area contributed by atoms with Crippen molar-refractivity contribution in [2.75, 3.05) is 0 Å². The van der Waals surface area contributed by atoms with Crippen LogP contribution >= 0.6 is 0 Å². The van der Waals surface area contributed by atoms with Crippen molar-refractivity contribution in [3.05, 3.63) is 61.7 Å². The molecule has 3 heteroatoms. The van der Waals surface area contributed by atoms with Crippen LogP contribution in [0.3, 0.4) is 0 Å². The van der Waals surface area contributed by atoms with Gasteiger partial charge in [-0.05, 0) is 56.0 Å². The lowest BCUT2D eigenvalue weighted by Crippen LogP contribution is -3.61. The molecule has 1 nitrogen and oxygen atoms in total. The van der Waals surface area contributed by atoms with E-state index in [4.69, 9.17) is 4.43 Å². The predicted molar refractivity (Wildman–Crippen MR) is 74.3 cm³/mol. The van der Waals surface area contributed by atoms with Gasteiger partial charge in [-0.15, -0.1) is 0 Å². The van der Waals surface area contributed by atoms with Gasteiger partial charge in [-0.2, -0.15) is 0 Å². The van der Waals surface area contributed by atoms with E-state index in [9.17, 15) is 0 Å². The fourth-order valence-corrected chi connectivity index (χ4v) is 4.58. The van der Waals surface area contributed by atoms with E-state index in [1.165, 1.54) is 7.14 Å². The summed E-state index contributed by atoms with van der Waals surface area (Å²) in [6.45, 7) is 6.62. The van der Waals surface area contributed by atoms with Gasteiger partial charge in [0.15, 0.2) is 7.14 Å². The zero-order chi connectivity index (χ0) is 13.0. The highest BCUT2D eigenvalue weighted by molar-refractivity contribution is 6.70. The van der Waals surface area contributed by atoms with Crippen LogP contribution in [0.25, 0.3) is 0 Å². The molecule has 94 valence electrons. The van der Waals surface area contributed by atoms with Crippen molar-refractivity contribution >= 4 is 8.32 Å². The maximum atomic E-state index is 5.96. The molecule has 0 aromatic heterocycles. The molecule has 0 aliphatic heterocycles. The van der Waals surface area contributed by atoms with Crippen molar-refractivity contribution in [2.24, 2.45) is 0 Å². The van der Waals surface area contributed by atoms with Crippen LogP contribution in [0.2, 0.25) is 19.6 Å². The lowest BCUT2D eigenvalue weighted by Gasteiger charge is -2.18. The zero-order valence-corrected chi connectivity index (χ0v) is 14.1. The summed E-state index contributed by atoms with van der Waals surface area (Å²) in [4.78, 5) is 0. The Bertz CT molecular complexity index is 488. The molecule has 18 heavy (non-hydrogen) atoms. The summed E-state index contributed by atoms with van der Waals surface area (Å²) in [5.74, 6) is 1.01. The van der Waals surface area contributed by atoms with Crippen molar-refractivity contribution in [3.8, 4) is 5.75 Å². The molecule has 2 aromatic rings. The van der Waals surface area contributed by atoms with Gasteiger partial charge in [0, 0.05) is 0 Å². The Morgan fingerprint density at radius 1 is 0.778 bits per heavy atom. The van der Waals surface area contributed by atoms with Crippen LogP contribution in [0.15, 0.2) is 54.6 Å². The molecule has 0 N–H and O–H groups in total. The minimum Gasteiger partial charge on any atom is -0.544 e. The second-order valence-electron chi connectivity index (χ2n) is 5.06. The average molecular weight is 369 g/mol. The van der Waals surface area contributed by atoms with Gasteiger partial charge >= 0.3 is 21.2 Å². The van der Waals surface area contributed by atoms with E-state index in [1.807, 2.05) is 0 Å². The maximum absolute atomic E-state index is 5.96. The van der Waals surface area contributed by atoms with Gasteiger partial charge in [0.1, 0.15) is 5.75 Å². The number of halogens is 1. The largest absolute Gasteiger partial charge is 0.544 e. The first kappa shape index (κ1) is 13.6. The van der Waals surface area contributed by atoms with Gasteiger partial charge in [-0.3, -0.25) is 0 Å². The Morgan fingerprint density at radius 3 is 1.89 bits per heavy atom. The normalized spacial score (nSPS) is 11.3. The van der Waals surface area contributed by atoms with Crippen molar-refractivity contribution in [2.45, 2.75) is 19.6 Å². The Kier molecular flexibility index (Phi) is 4.45. The second-order valence-corrected chi connectivity index (χ2v) is 12.5. The third-order valence-corrected chi connectivity index (χ3v) is 5.72. The van der Waals surface area contributed by atoms with E-state index in [-0.39, 0.29) is 21.2 Å². The first-order valence-corrected chi connectivity index (χ1v) is 11.6. The molecule has 2 rings (SSSR count). The van der Waals surface area contributed by atoms with Crippen LogP contribution in [-0.2, 0) is 0 Å². The molecular formula is C15H18IOSi+. The molecule has 0 bridgehead atoms. The van der Waals surface area contributed by atoms with Crippen LogP contribution < -0.4 is 25.6 Å². The summed E-state index contributed by atoms with van der Waals surface area (Å²) in [5, 5.41) is 0. The molecule has 2 aromatic carbocycles. The quantitative estimate of drug-likeness (QED) is 0.578. The Balaban J connectivity index is 2.04. The summed E-state index contributed by atoms with van der Waals surface area (Å²) in [7, 11) is -1.48. The maximum Gasteiger partial charge on any atom is 0.357 e. The highest BCUT2D eigenvalue weighted by Crippen LogP contribution is 2.14. The summed E-state index contributed by atoms with van der Waals surface area (Å²) in [6, 6.07) is 19.3. The average Bonchev–Trinajstić information content (AvgIpc) is 2.31. The molecule has 0 heterocycles. The molecule has 0 fully saturated rings. The Labute approximate surface area is 121 Å². The molecule has 0 saturated carbocycles. The number of rotatable bonds is 4. The van der Waals surface area contributed by atoms with E-state index in [0.717, 1.165) is 5.75 Å². The smallest absolute Gasteiger partial charge is 0.357 e. The number of hydrogen-bond donors (Lipinski definition) is 0. The molecule has 0 spiro atoms. The van der Waals surface area contributed by atoms with Gasteiger partial charge in [-0.1, -0.05) is 18.2 Å². The third kappa shape index (κ3) is 4.46. The van der Waals surface area contributed by atoms with Gasteiger partial charge < -0.3 is 4.43 Å². The minimum absolute atomic E-state index is 0.0624. The molecule has 0 amide bonds. The fourth-order valence-electron chi connectivity index (χ4n) is 1.52. The van der Waals surface area contributed by atoms with Crippen LogP contribution in [0.4, 0.5) is 0 Å². The summed E-state index contributed by atoms with van der Waals surface area (Å²) in [6.07, 6.45) is 0. The molecule has 0 unspecified atom stereocenters. The van der Waals surface area contributed by atoms with Crippen LogP contribution in [0, 0.1) is 7.14 Å². The van der Waals surface area contributed by atoms with Crippen LogP contribution in [0.1, 0.15) is 0 Å². The third-order valence-electron chi connectivity index (χ3n) is 2.19. The van der Waals surface area contributed by atoms with Crippen molar-refractivity contribution in [3.63, 3.8) is 0 Å². The van der Waals surface area contributed by atoms with E-state index in [1.54, 1.807) is 0 Å².